The van der Waals surface area contributed by atoms with Gasteiger partial charge in [-0.1, -0.05) is 52.0 Å². The van der Waals surface area contributed by atoms with Crippen LogP contribution >= 0.6 is 0 Å². The molecule has 0 heterocycles. The number of rotatable bonds is 6. The molecule has 0 atom stereocenters. The van der Waals surface area contributed by atoms with Crippen molar-refractivity contribution in [2.75, 3.05) is 0 Å². The molecule has 0 N–H and O–H groups in total. The molecule has 0 fully saturated rings. The van der Waals surface area contributed by atoms with E-state index < -0.39 is 11.6 Å². The molecule has 0 aromatic heterocycles. The molecule has 0 spiro atoms. The van der Waals surface area contributed by atoms with E-state index in [0.29, 0.717) is 17.1 Å². The van der Waals surface area contributed by atoms with Gasteiger partial charge in [-0.05, 0) is 61.9 Å². The van der Waals surface area contributed by atoms with Gasteiger partial charge in [0.1, 0.15) is 22.7 Å². The molecule has 0 amide bonds. The summed E-state index contributed by atoms with van der Waals surface area (Å²) in [6.07, 6.45) is 1.76. The second kappa shape index (κ2) is 7.94. The molecule has 2 rings (SSSR count). The Morgan fingerprint density at radius 3 is 2.31 bits per heavy atom. The molecule has 0 bridgehead atoms. The summed E-state index contributed by atoms with van der Waals surface area (Å²) >= 11 is 0. The topological polar surface area (TPSA) is 35.5 Å². The van der Waals surface area contributed by atoms with Crippen molar-refractivity contribution in [3.8, 4) is 11.5 Å². The summed E-state index contributed by atoms with van der Waals surface area (Å²) in [5.41, 5.74) is 1.30. The van der Waals surface area contributed by atoms with E-state index in [0.717, 1.165) is 18.4 Å². The van der Waals surface area contributed by atoms with Gasteiger partial charge in [-0.3, -0.25) is 0 Å². The third-order valence-corrected chi connectivity index (χ3v) is 3.97. The zero-order chi connectivity index (χ0) is 19.4. The monoisotopic (exact) mass is 354 g/mol. The molecule has 0 aliphatic heterocycles. The minimum atomic E-state index is -0.402. The van der Waals surface area contributed by atoms with E-state index in [1.165, 1.54) is 0 Å². The number of carbonyl (C=O) groups excluding carboxylic acids is 1. The molecule has 2 aromatic rings. The Morgan fingerprint density at radius 2 is 1.65 bits per heavy atom. The van der Waals surface area contributed by atoms with Crippen molar-refractivity contribution in [3.05, 3.63) is 59.7 Å². The van der Waals surface area contributed by atoms with Gasteiger partial charge in [-0.25, -0.2) is 4.79 Å². The zero-order valence-corrected chi connectivity index (χ0v) is 16.8. The first-order chi connectivity index (χ1) is 12.1. The van der Waals surface area contributed by atoms with Gasteiger partial charge in [-0.2, -0.15) is 0 Å². The van der Waals surface area contributed by atoms with Gasteiger partial charge >= 0.3 is 5.97 Å². The van der Waals surface area contributed by atoms with Crippen LogP contribution in [0, 0.1) is 5.41 Å². The van der Waals surface area contributed by atoms with Crippen molar-refractivity contribution < 1.29 is 14.3 Å². The Labute approximate surface area is 157 Å². The van der Waals surface area contributed by atoms with E-state index in [9.17, 15) is 4.79 Å². The van der Waals surface area contributed by atoms with Gasteiger partial charge in [-0.15, -0.1) is 0 Å². The lowest BCUT2D eigenvalue weighted by molar-refractivity contribution is 0.0576. The van der Waals surface area contributed by atoms with E-state index >= 15 is 0 Å². The standard InChI is InChI=1S/C23H30O3/c1-7-17-11-10-12-18(15-17)25-21(24)19-13-8-9-14-20(19)26-23(5,6)16-22(2,3)4/h8-15H,7,16H2,1-6H3. The van der Waals surface area contributed by atoms with Crippen molar-refractivity contribution in [2.24, 2.45) is 5.41 Å². The summed E-state index contributed by atoms with van der Waals surface area (Å²) in [6.45, 7) is 12.7. The van der Waals surface area contributed by atoms with E-state index in [-0.39, 0.29) is 5.41 Å². The number of benzene rings is 2. The maximum atomic E-state index is 12.7. The number of esters is 1. The highest BCUT2D eigenvalue weighted by Crippen LogP contribution is 2.32. The fraction of sp³-hybridized carbons (Fsp3) is 0.435. The van der Waals surface area contributed by atoms with Crippen LogP contribution in [-0.2, 0) is 6.42 Å². The quantitative estimate of drug-likeness (QED) is 0.467. The van der Waals surface area contributed by atoms with E-state index in [4.69, 9.17) is 9.47 Å². The lowest BCUT2D eigenvalue weighted by Crippen LogP contribution is -2.34. The number of ether oxygens (including phenoxy) is 2. The van der Waals surface area contributed by atoms with Crippen LogP contribution < -0.4 is 9.47 Å². The van der Waals surface area contributed by atoms with Crippen molar-refractivity contribution in [1.29, 1.82) is 0 Å². The molecule has 0 radical (unpaired) electrons. The van der Waals surface area contributed by atoms with Crippen molar-refractivity contribution in [3.63, 3.8) is 0 Å². The van der Waals surface area contributed by atoms with Crippen LogP contribution in [0.2, 0.25) is 0 Å². The molecule has 0 unspecified atom stereocenters. The van der Waals surface area contributed by atoms with Gasteiger partial charge in [0.15, 0.2) is 0 Å². The highest BCUT2D eigenvalue weighted by Gasteiger charge is 2.29. The molecular weight excluding hydrogens is 324 g/mol. The summed E-state index contributed by atoms with van der Waals surface area (Å²) in [5.74, 6) is 0.705. The van der Waals surface area contributed by atoms with Crippen LogP contribution in [0.3, 0.4) is 0 Å². The summed E-state index contributed by atoms with van der Waals surface area (Å²) in [7, 11) is 0. The summed E-state index contributed by atoms with van der Waals surface area (Å²) < 4.78 is 11.8. The molecule has 0 aliphatic rings. The first-order valence-electron chi connectivity index (χ1n) is 9.19. The van der Waals surface area contributed by atoms with Crippen LogP contribution in [0.15, 0.2) is 48.5 Å². The van der Waals surface area contributed by atoms with Gasteiger partial charge in [0.25, 0.3) is 0 Å². The maximum absolute atomic E-state index is 12.7. The molecule has 3 nitrogen and oxygen atoms in total. The molecule has 26 heavy (non-hydrogen) atoms. The number of hydrogen-bond donors (Lipinski definition) is 0. The minimum absolute atomic E-state index is 0.125. The highest BCUT2D eigenvalue weighted by atomic mass is 16.5. The molecule has 0 saturated heterocycles. The third kappa shape index (κ3) is 5.91. The largest absolute Gasteiger partial charge is 0.487 e. The first kappa shape index (κ1) is 20.0. The average molecular weight is 354 g/mol. The lowest BCUT2D eigenvalue weighted by Gasteiger charge is -2.33. The van der Waals surface area contributed by atoms with E-state index in [1.807, 2.05) is 50.2 Å². The average Bonchev–Trinajstić information content (AvgIpc) is 2.52. The fourth-order valence-electron chi connectivity index (χ4n) is 3.33. The number of hydrogen-bond acceptors (Lipinski definition) is 3. The van der Waals surface area contributed by atoms with Crippen LogP contribution in [-0.4, -0.2) is 11.6 Å². The van der Waals surface area contributed by atoms with Gasteiger partial charge < -0.3 is 9.47 Å². The Hall–Kier alpha value is -2.29. The van der Waals surface area contributed by atoms with Gasteiger partial charge in [0.05, 0.1) is 0 Å². The molecule has 0 aliphatic carbocycles. The second-order valence-corrected chi connectivity index (χ2v) is 8.49. The molecule has 3 heteroatoms. The van der Waals surface area contributed by atoms with Crippen molar-refractivity contribution in [2.45, 2.75) is 60.0 Å². The summed E-state index contributed by atoms with van der Waals surface area (Å²) in [5, 5.41) is 0. The Bertz CT molecular complexity index is 754. The van der Waals surface area contributed by atoms with Crippen LogP contribution in [0.4, 0.5) is 0 Å². The smallest absolute Gasteiger partial charge is 0.347 e. The third-order valence-electron chi connectivity index (χ3n) is 3.97. The van der Waals surface area contributed by atoms with Gasteiger partial charge in [0.2, 0.25) is 0 Å². The number of aryl methyl sites for hydroxylation is 1. The normalized spacial score (nSPS) is 11.9. The van der Waals surface area contributed by atoms with Crippen LogP contribution in [0.25, 0.3) is 0 Å². The Kier molecular flexibility index (Phi) is 6.12. The molecule has 0 saturated carbocycles. The SMILES string of the molecule is CCc1cccc(OC(=O)c2ccccc2OC(C)(C)CC(C)(C)C)c1. The Balaban J connectivity index is 2.21. The predicted octanol–water partition coefficient (Wildman–Crippen LogP) is 6.06. The van der Waals surface area contributed by atoms with Crippen LogP contribution in [0.1, 0.15) is 63.9 Å². The lowest BCUT2D eigenvalue weighted by atomic mass is 9.83. The zero-order valence-electron chi connectivity index (χ0n) is 16.8. The van der Waals surface area contributed by atoms with E-state index in [2.05, 4.69) is 27.7 Å². The number of carbonyl (C=O) groups is 1. The minimum Gasteiger partial charge on any atom is -0.487 e. The van der Waals surface area contributed by atoms with Crippen molar-refractivity contribution >= 4 is 5.97 Å². The Morgan fingerprint density at radius 1 is 0.962 bits per heavy atom. The fourth-order valence-corrected chi connectivity index (χ4v) is 3.33. The predicted molar refractivity (Wildman–Crippen MR) is 106 cm³/mol. The molecule has 2 aromatic carbocycles. The highest BCUT2D eigenvalue weighted by molar-refractivity contribution is 5.94. The molecular formula is C23H30O3. The molecule has 140 valence electrons. The second-order valence-electron chi connectivity index (χ2n) is 8.49. The first-order valence-corrected chi connectivity index (χ1v) is 9.19. The van der Waals surface area contributed by atoms with Crippen molar-refractivity contribution in [1.82, 2.24) is 0 Å². The van der Waals surface area contributed by atoms with Crippen LogP contribution in [0.5, 0.6) is 11.5 Å². The summed E-state index contributed by atoms with van der Waals surface area (Å²) in [4.78, 5) is 12.7. The number of para-hydroxylation sites is 1. The summed E-state index contributed by atoms with van der Waals surface area (Å²) in [6, 6.07) is 14.9. The maximum Gasteiger partial charge on any atom is 0.347 e. The van der Waals surface area contributed by atoms with Gasteiger partial charge in [0, 0.05) is 0 Å². The van der Waals surface area contributed by atoms with E-state index in [1.54, 1.807) is 12.1 Å².